The molecule has 2 aromatic rings. The number of anilines is 3. The summed E-state index contributed by atoms with van der Waals surface area (Å²) < 4.78 is 5.79. The van der Waals surface area contributed by atoms with Crippen LogP contribution in [0.3, 0.4) is 0 Å². The van der Waals surface area contributed by atoms with Crippen LogP contribution in [0.1, 0.15) is 20.3 Å². The lowest BCUT2D eigenvalue weighted by Crippen LogP contribution is -2.17. The van der Waals surface area contributed by atoms with Crippen LogP contribution in [0.25, 0.3) is 0 Å². The predicted octanol–water partition coefficient (Wildman–Crippen LogP) is 2.77. The topological polar surface area (TPSA) is 75.2 Å². The Kier molecular flexibility index (Phi) is 6.74. The van der Waals surface area contributed by atoms with Crippen LogP contribution in [0, 0.1) is 0 Å². The standard InChI is InChI=1S/C17H26N6O/c1-13(2)24-15-9-6-5-8-14(15)20-17-21-16(12-19-22-17)18-10-7-11-23(3)4/h5-6,8-9,12-13H,7,10-11H2,1-4H3,(H2,18,20,21,22). The highest BCUT2D eigenvalue weighted by Gasteiger charge is 2.07. The molecule has 0 aliphatic rings. The zero-order chi connectivity index (χ0) is 17.4. The smallest absolute Gasteiger partial charge is 0.249 e. The summed E-state index contributed by atoms with van der Waals surface area (Å²) in [5.41, 5.74) is 0.817. The van der Waals surface area contributed by atoms with Gasteiger partial charge in [-0.15, -0.1) is 5.10 Å². The number of hydrogen-bond acceptors (Lipinski definition) is 7. The first-order chi connectivity index (χ1) is 11.5. The number of aromatic nitrogens is 3. The number of benzene rings is 1. The monoisotopic (exact) mass is 330 g/mol. The minimum Gasteiger partial charge on any atom is -0.489 e. The highest BCUT2D eigenvalue weighted by Crippen LogP contribution is 2.27. The average Bonchev–Trinajstić information content (AvgIpc) is 2.53. The van der Waals surface area contributed by atoms with Crippen LogP contribution >= 0.6 is 0 Å². The van der Waals surface area contributed by atoms with E-state index in [2.05, 4.69) is 44.8 Å². The Morgan fingerprint density at radius 3 is 2.75 bits per heavy atom. The second-order valence-corrected chi connectivity index (χ2v) is 6.04. The molecule has 0 saturated carbocycles. The van der Waals surface area contributed by atoms with E-state index in [1.165, 1.54) is 0 Å². The first kappa shape index (κ1) is 17.9. The first-order valence-corrected chi connectivity index (χ1v) is 8.15. The van der Waals surface area contributed by atoms with Gasteiger partial charge < -0.3 is 20.3 Å². The van der Waals surface area contributed by atoms with Crippen molar-refractivity contribution >= 4 is 17.5 Å². The summed E-state index contributed by atoms with van der Waals surface area (Å²) in [6.45, 7) is 5.85. The van der Waals surface area contributed by atoms with Gasteiger partial charge in [-0.1, -0.05) is 12.1 Å². The van der Waals surface area contributed by atoms with Gasteiger partial charge in [-0.25, -0.2) is 0 Å². The highest BCUT2D eigenvalue weighted by molar-refractivity contribution is 5.62. The molecule has 0 saturated heterocycles. The molecule has 0 unspecified atom stereocenters. The van der Waals surface area contributed by atoms with Gasteiger partial charge in [0.15, 0.2) is 5.82 Å². The summed E-state index contributed by atoms with van der Waals surface area (Å²) >= 11 is 0. The van der Waals surface area contributed by atoms with Gasteiger partial charge in [-0.2, -0.15) is 10.1 Å². The lowest BCUT2D eigenvalue weighted by Gasteiger charge is -2.15. The Bertz CT molecular complexity index is 632. The van der Waals surface area contributed by atoms with Crippen LogP contribution < -0.4 is 15.4 Å². The average molecular weight is 330 g/mol. The van der Waals surface area contributed by atoms with E-state index in [0.29, 0.717) is 11.8 Å². The summed E-state index contributed by atoms with van der Waals surface area (Å²) in [5, 5.41) is 14.5. The Morgan fingerprint density at radius 2 is 2.00 bits per heavy atom. The maximum absolute atomic E-state index is 5.79. The maximum atomic E-state index is 5.79. The van der Waals surface area contributed by atoms with Crippen molar-refractivity contribution in [3.63, 3.8) is 0 Å². The summed E-state index contributed by atoms with van der Waals surface area (Å²) in [7, 11) is 4.12. The molecule has 130 valence electrons. The summed E-state index contributed by atoms with van der Waals surface area (Å²) in [4.78, 5) is 6.59. The Hall–Kier alpha value is -2.41. The van der Waals surface area contributed by atoms with Crippen molar-refractivity contribution < 1.29 is 4.74 Å². The second-order valence-electron chi connectivity index (χ2n) is 6.04. The lowest BCUT2D eigenvalue weighted by atomic mass is 10.3. The van der Waals surface area contributed by atoms with Crippen LogP contribution in [0.2, 0.25) is 0 Å². The van der Waals surface area contributed by atoms with Crippen molar-refractivity contribution in [1.29, 1.82) is 0 Å². The molecule has 0 aliphatic carbocycles. The fourth-order valence-corrected chi connectivity index (χ4v) is 2.10. The molecule has 0 atom stereocenters. The third kappa shape index (κ3) is 6.00. The molecule has 0 bridgehead atoms. The van der Waals surface area contributed by atoms with Crippen molar-refractivity contribution in [3.8, 4) is 5.75 Å². The van der Waals surface area contributed by atoms with Crippen LogP contribution in [0.15, 0.2) is 30.5 Å². The normalized spacial score (nSPS) is 10.9. The molecule has 0 aliphatic heterocycles. The molecule has 1 aromatic heterocycles. The van der Waals surface area contributed by atoms with E-state index in [1.807, 2.05) is 38.1 Å². The Labute approximate surface area is 143 Å². The van der Waals surface area contributed by atoms with Crippen LogP contribution in [0.4, 0.5) is 17.5 Å². The van der Waals surface area contributed by atoms with Gasteiger partial charge in [0.1, 0.15) is 5.75 Å². The molecule has 7 nitrogen and oxygen atoms in total. The first-order valence-electron chi connectivity index (χ1n) is 8.15. The van der Waals surface area contributed by atoms with Crippen molar-refractivity contribution in [2.24, 2.45) is 0 Å². The Morgan fingerprint density at radius 1 is 1.21 bits per heavy atom. The molecule has 2 N–H and O–H groups in total. The number of nitrogens with one attached hydrogen (secondary N) is 2. The number of rotatable bonds is 9. The van der Waals surface area contributed by atoms with Crippen LogP contribution in [-0.4, -0.2) is 53.4 Å². The molecule has 0 radical (unpaired) electrons. The van der Waals surface area contributed by atoms with Crippen molar-refractivity contribution in [2.45, 2.75) is 26.4 Å². The third-order valence-electron chi connectivity index (χ3n) is 3.14. The van der Waals surface area contributed by atoms with E-state index in [4.69, 9.17) is 4.74 Å². The van der Waals surface area contributed by atoms with Gasteiger partial charge in [-0.05, 0) is 53.0 Å². The van der Waals surface area contributed by atoms with Crippen LogP contribution in [0.5, 0.6) is 5.75 Å². The SMILES string of the molecule is CC(C)Oc1ccccc1Nc1nncc(NCCCN(C)C)n1. The van der Waals surface area contributed by atoms with Gasteiger partial charge >= 0.3 is 0 Å². The summed E-state index contributed by atoms with van der Waals surface area (Å²) in [5.74, 6) is 1.90. The zero-order valence-corrected chi connectivity index (χ0v) is 14.8. The maximum Gasteiger partial charge on any atom is 0.249 e. The second kappa shape index (κ2) is 9.02. The number of para-hydroxylation sites is 2. The molecular formula is C17H26N6O. The van der Waals surface area contributed by atoms with Gasteiger partial charge in [0.2, 0.25) is 5.95 Å². The van der Waals surface area contributed by atoms with E-state index < -0.39 is 0 Å². The van der Waals surface area contributed by atoms with E-state index in [-0.39, 0.29) is 6.10 Å². The third-order valence-corrected chi connectivity index (χ3v) is 3.14. The molecule has 2 rings (SSSR count). The number of nitrogens with zero attached hydrogens (tertiary/aromatic N) is 4. The molecule has 7 heteroatoms. The minimum absolute atomic E-state index is 0.0942. The fraction of sp³-hybridized carbons (Fsp3) is 0.471. The number of hydrogen-bond donors (Lipinski definition) is 2. The van der Waals surface area contributed by atoms with E-state index >= 15 is 0 Å². The summed E-state index contributed by atoms with van der Waals surface area (Å²) in [6, 6.07) is 7.72. The van der Waals surface area contributed by atoms with Crippen molar-refractivity contribution in [2.75, 3.05) is 37.8 Å². The van der Waals surface area contributed by atoms with Gasteiger partial charge in [0.25, 0.3) is 0 Å². The van der Waals surface area contributed by atoms with E-state index in [1.54, 1.807) is 6.20 Å². The Balaban J connectivity index is 1.99. The molecule has 1 heterocycles. The van der Waals surface area contributed by atoms with Gasteiger partial charge in [0, 0.05) is 6.54 Å². The molecule has 1 aromatic carbocycles. The highest BCUT2D eigenvalue weighted by atomic mass is 16.5. The largest absolute Gasteiger partial charge is 0.489 e. The van der Waals surface area contributed by atoms with E-state index in [0.717, 1.165) is 30.9 Å². The zero-order valence-electron chi connectivity index (χ0n) is 14.8. The minimum atomic E-state index is 0.0942. The van der Waals surface area contributed by atoms with Gasteiger partial charge in [-0.3, -0.25) is 0 Å². The fourth-order valence-electron chi connectivity index (χ4n) is 2.10. The quantitative estimate of drug-likeness (QED) is 0.685. The van der Waals surface area contributed by atoms with E-state index in [9.17, 15) is 0 Å². The summed E-state index contributed by atoms with van der Waals surface area (Å²) in [6.07, 6.45) is 2.75. The lowest BCUT2D eigenvalue weighted by molar-refractivity contribution is 0.244. The molecule has 24 heavy (non-hydrogen) atoms. The van der Waals surface area contributed by atoms with Crippen molar-refractivity contribution in [3.05, 3.63) is 30.5 Å². The molecule has 0 amide bonds. The molecular weight excluding hydrogens is 304 g/mol. The number of ether oxygens (including phenoxy) is 1. The van der Waals surface area contributed by atoms with Gasteiger partial charge in [0.05, 0.1) is 18.0 Å². The van der Waals surface area contributed by atoms with Crippen molar-refractivity contribution in [1.82, 2.24) is 20.1 Å². The predicted molar refractivity (Wildman–Crippen MR) is 97.0 cm³/mol. The van der Waals surface area contributed by atoms with Crippen LogP contribution in [-0.2, 0) is 0 Å². The molecule has 0 spiro atoms. The molecule has 0 fully saturated rings.